The molecule has 11 heteroatoms. The van der Waals surface area contributed by atoms with Crippen LogP contribution in [0.15, 0.2) is 35.5 Å². The van der Waals surface area contributed by atoms with E-state index in [4.69, 9.17) is 20.4 Å². The summed E-state index contributed by atoms with van der Waals surface area (Å²) < 4.78 is 12.6. The Hall–Kier alpha value is -2.30. The molecule has 0 saturated heterocycles. The van der Waals surface area contributed by atoms with E-state index in [1.54, 1.807) is 13.8 Å². The first-order chi connectivity index (χ1) is 12.7. The molecule has 0 aliphatic rings. The molecule has 29 heavy (non-hydrogen) atoms. The molecule has 0 bridgehead atoms. The molecule has 0 spiro atoms. The molecule has 0 atom stereocenters. The van der Waals surface area contributed by atoms with Crippen LogP contribution >= 0.6 is 0 Å². The van der Waals surface area contributed by atoms with Crippen LogP contribution in [0.1, 0.15) is 34.6 Å². The minimum absolute atomic E-state index is 0. The Bertz CT molecular complexity index is 451. The molecule has 0 unspecified atom stereocenters. The van der Waals surface area contributed by atoms with Crippen LogP contribution in [-0.4, -0.2) is 65.8 Å². The Balaban J connectivity index is -0.0000000896. The van der Waals surface area contributed by atoms with Crippen LogP contribution in [-0.2, 0) is 50.3 Å². The number of ether oxygens (including phenoxy) is 3. The fourth-order valence-corrected chi connectivity index (χ4v) is 0.688. The minimum atomic E-state index is -0.537. The van der Waals surface area contributed by atoms with Crippen LogP contribution in [0.3, 0.4) is 0 Å². The van der Waals surface area contributed by atoms with Gasteiger partial charge in [-0.2, -0.15) is 0 Å². The summed E-state index contributed by atoms with van der Waals surface area (Å²) in [7, 11) is 3.76. The van der Waals surface area contributed by atoms with Gasteiger partial charge in [-0.05, 0) is 34.6 Å². The molecule has 0 heterocycles. The Labute approximate surface area is 186 Å². The van der Waals surface area contributed by atoms with E-state index in [0.717, 1.165) is 18.2 Å². The third-order valence-electron chi connectivity index (χ3n) is 1.58. The summed E-state index contributed by atoms with van der Waals surface area (Å²) in [5, 5.41) is 33.3. The van der Waals surface area contributed by atoms with E-state index in [-0.39, 0.29) is 45.1 Å². The molecular formula is C18H32O10Ti. The van der Waals surface area contributed by atoms with Crippen LogP contribution in [0.25, 0.3) is 0 Å². The van der Waals surface area contributed by atoms with E-state index in [1.807, 2.05) is 0 Å². The van der Waals surface area contributed by atoms with Crippen LogP contribution in [0.2, 0.25) is 0 Å². The van der Waals surface area contributed by atoms with Gasteiger partial charge in [0.1, 0.15) is 0 Å². The SMILES string of the molecule is CC(C)O.COC(=O)C=C(C)O.COC(=O)C=C(C)O.COC(=O)C=C(C)O.[Ti]. The second-order valence-corrected chi connectivity index (χ2v) is 5.02. The van der Waals surface area contributed by atoms with Gasteiger partial charge in [0.2, 0.25) is 0 Å². The van der Waals surface area contributed by atoms with E-state index in [9.17, 15) is 14.4 Å². The predicted octanol–water partition coefficient (Wildman–Crippen LogP) is 2.25. The second kappa shape index (κ2) is 25.7. The summed E-state index contributed by atoms with van der Waals surface area (Å²) in [6.07, 6.45) is 2.83. The van der Waals surface area contributed by atoms with Crippen LogP contribution in [0.4, 0.5) is 0 Å². The van der Waals surface area contributed by atoms with Crippen LogP contribution in [0, 0.1) is 0 Å². The molecule has 4 N–H and O–H groups in total. The molecule has 0 aromatic rings. The summed E-state index contributed by atoms with van der Waals surface area (Å²) >= 11 is 0. The Kier molecular flexibility index (Phi) is 33.2. The molecule has 10 nitrogen and oxygen atoms in total. The zero-order valence-electron chi connectivity index (χ0n) is 18.0. The smallest absolute Gasteiger partial charge is 0.333 e. The van der Waals surface area contributed by atoms with Gasteiger partial charge in [0, 0.05) is 27.8 Å². The molecule has 0 aromatic carbocycles. The summed E-state index contributed by atoms with van der Waals surface area (Å²) in [5.41, 5.74) is 0. The van der Waals surface area contributed by atoms with Gasteiger partial charge in [0.25, 0.3) is 0 Å². The Morgan fingerprint density at radius 3 is 0.828 bits per heavy atom. The predicted molar refractivity (Wildman–Crippen MR) is 103 cm³/mol. The molecule has 168 valence electrons. The second-order valence-electron chi connectivity index (χ2n) is 5.02. The van der Waals surface area contributed by atoms with Gasteiger partial charge >= 0.3 is 17.9 Å². The van der Waals surface area contributed by atoms with Crippen molar-refractivity contribution in [2.75, 3.05) is 21.3 Å². The van der Waals surface area contributed by atoms with E-state index in [0.29, 0.717) is 0 Å². The average molecular weight is 456 g/mol. The summed E-state index contributed by atoms with van der Waals surface area (Å²) in [6, 6.07) is 0. The minimum Gasteiger partial charge on any atom is -0.512 e. The number of hydrogen-bond acceptors (Lipinski definition) is 10. The summed E-state index contributed by atoms with van der Waals surface area (Å²) in [6.45, 7) is 7.64. The number of methoxy groups -OCH3 is 3. The van der Waals surface area contributed by atoms with Crippen molar-refractivity contribution in [1.29, 1.82) is 0 Å². The molecule has 0 rings (SSSR count). The maximum atomic E-state index is 10.2. The number of carbonyl (C=O) groups is 3. The van der Waals surface area contributed by atoms with Gasteiger partial charge in [-0.1, -0.05) is 0 Å². The van der Waals surface area contributed by atoms with Crippen LogP contribution < -0.4 is 0 Å². The molecule has 0 fully saturated rings. The first-order valence-electron chi connectivity index (χ1n) is 7.77. The van der Waals surface area contributed by atoms with Gasteiger partial charge in [0.05, 0.1) is 56.8 Å². The summed E-state index contributed by atoms with van der Waals surface area (Å²) in [4.78, 5) is 30.5. The Morgan fingerprint density at radius 1 is 0.655 bits per heavy atom. The van der Waals surface area contributed by atoms with E-state index >= 15 is 0 Å². The maximum absolute atomic E-state index is 10.2. The largest absolute Gasteiger partial charge is 0.512 e. The van der Waals surface area contributed by atoms with Crippen molar-refractivity contribution in [1.82, 2.24) is 0 Å². The standard InChI is InChI=1S/3C5H8O3.C3H8O.Ti/c3*1-4(6)3-5(7)8-2;1-3(2)4;/h3*3,6H,1-2H3;3-4H,1-2H3;. The van der Waals surface area contributed by atoms with Crippen molar-refractivity contribution in [3.8, 4) is 0 Å². The molecule has 0 aliphatic heterocycles. The first-order valence-corrected chi connectivity index (χ1v) is 7.77. The number of esters is 3. The first kappa shape index (κ1) is 37.5. The van der Waals surface area contributed by atoms with E-state index < -0.39 is 17.9 Å². The molecule has 0 amide bonds. The topological polar surface area (TPSA) is 160 Å². The fourth-order valence-electron chi connectivity index (χ4n) is 0.688. The van der Waals surface area contributed by atoms with Gasteiger partial charge in [-0.15, -0.1) is 0 Å². The zero-order chi connectivity index (χ0) is 23.3. The monoisotopic (exact) mass is 456 g/mol. The normalized spacial score (nSPS) is 10.3. The molecular weight excluding hydrogens is 424 g/mol. The zero-order valence-corrected chi connectivity index (χ0v) is 19.6. The molecule has 0 saturated carbocycles. The third-order valence-corrected chi connectivity index (χ3v) is 1.58. The van der Waals surface area contributed by atoms with Gasteiger partial charge in [-0.25, -0.2) is 14.4 Å². The maximum Gasteiger partial charge on any atom is 0.333 e. The average Bonchev–Trinajstić information content (AvgIpc) is 2.53. The quantitative estimate of drug-likeness (QED) is 0.163. The van der Waals surface area contributed by atoms with Crippen molar-refractivity contribution >= 4 is 17.9 Å². The van der Waals surface area contributed by atoms with Crippen LogP contribution in [0.5, 0.6) is 0 Å². The van der Waals surface area contributed by atoms with Crippen molar-refractivity contribution in [3.63, 3.8) is 0 Å². The number of aliphatic hydroxyl groups is 4. The number of carbonyl (C=O) groups excluding carboxylic acids is 3. The van der Waals surface area contributed by atoms with Gasteiger partial charge < -0.3 is 34.6 Å². The van der Waals surface area contributed by atoms with Gasteiger partial charge in [-0.3, -0.25) is 0 Å². The third kappa shape index (κ3) is 58.6. The van der Waals surface area contributed by atoms with Crippen molar-refractivity contribution < 1.29 is 70.7 Å². The molecule has 0 aromatic heterocycles. The van der Waals surface area contributed by atoms with E-state index in [2.05, 4.69) is 14.2 Å². The number of aliphatic hydroxyl groups excluding tert-OH is 4. The fraction of sp³-hybridized carbons (Fsp3) is 0.500. The van der Waals surface area contributed by atoms with Crippen molar-refractivity contribution in [2.24, 2.45) is 0 Å². The molecule has 0 radical (unpaired) electrons. The van der Waals surface area contributed by atoms with Crippen molar-refractivity contribution in [2.45, 2.75) is 40.7 Å². The number of hydrogen-bond donors (Lipinski definition) is 4. The Morgan fingerprint density at radius 2 is 0.793 bits per heavy atom. The summed E-state index contributed by atoms with van der Waals surface area (Å²) in [5.74, 6) is -1.74. The van der Waals surface area contributed by atoms with E-state index in [1.165, 1.54) is 42.1 Å². The number of rotatable bonds is 3. The molecule has 0 aliphatic carbocycles. The van der Waals surface area contributed by atoms with Gasteiger partial charge in [0.15, 0.2) is 0 Å². The number of allylic oxidation sites excluding steroid dienone is 3. The van der Waals surface area contributed by atoms with Crippen molar-refractivity contribution in [3.05, 3.63) is 35.5 Å².